The predicted molar refractivity (Wildman–Crippen MR) is 52.7 cm³/mol. The molecule has 0 spiro atoms. The summed E-state index contributed by atoms with van der Waals surface area (Å²) in [6.07, 6.45) is 2.29. The quantitative estimate of drug-likeness (QED) is 0.695. The third-order valence-corrected chi connectivity index (χ3v) is 3.17. The van der Waals surface area contributed by atoms with Crippen LogP contribution in [-0.4, -0.2) is 36.5 Å². The van der Waals surface area contributed by atoms with E-state index in [1.54, 1.807) is 6.07 Å². The number of morpholine rings is 1. The second kappa shape index (κ2) is 3.47. The summed E-state index contributed by atoms with van der Waals surface area (Å²) in [6, 6.07) is 4.13. The van der Waals surface area contributed by atoms with Gasteiger partial charge in [-0.1, -0.05) is 0 Å². The van der Waals surface area contributed by atoms with Crippen LogP contribution in [0.2, 0.25) is 0 Å². The van der Waals surface area contributed by atoms with Gasteiger partial charge in [-0.25, -0.2) is 0 Å². The maximum Gasteiger partial charge on any atom is 0.185 e. The van der Waals surface area contributed by atoms with Gasteiger partial charge in [-0.2, -0.15) is 0 Å². The summed E-state index contributed by atoms with van der Waals surface area (Å²) in [6.45, 7) is 2.62. The fourth-order valence-electron chi connectivity index (χ4n) is 2.42. The van der Waals surface area contributed by atoms with E-state index in [1.807, 2.05) is 6.07 Å². The van der Waals surface area contributed by atoms with Gasteiger partial charge in [0, 0.05) is 12.6 Å². The number of ether oxygens (including phenoxy) is 1. The van der Waals surface area contributed by atoms with Crippen molar-refractivity contribution in [3.05, 3.63) is 23.7 Å². The van der Waals surface area contributed by atoms with Gasteiger partial charge in [0.25, 0.3) is 0 Å². The fourth-order valence-corrected chi connectivity index (χ4v) is 2.42. The van der Waals surface area contributed by atoms with E-state index in [-0.39, 0.29) is 0 Å². The molecule has 2 fully saturated rings. The topological polar surface area (TPSA) is 42.7 Å². The lowest BCUT2D eigenvalue weighted by Crippen LogP contribution is -2.36. The number of carbonyl (C=O) groups excluding carboxylic acids is 1. The Morgan fingerprint density at radius 1 is 1.53 bits per heavy atom. The van der Waals surface area contributed by atoms with E-state index in [4.69, 9.17) is 9.15 Å². The molecule has 80 valence electrons. The Hall–Kier alpha value is -1.13. The maximum absolute atomic E-state index is 10.5. The van der Waals surface area contributed by atoms with Crippen LogP contribution in [0.4, 0.5) is 0 Å². The van der Waals surface area contributed by atoms with Crippen molar-refractivity contribution in [3.8, 4) is 0 Å². The van der Waals surface area contributed by atoms with E-state index in [2.05, 4.69) is 4.90 Å². The monoisotopic (exact) mass is 207 g/mol. The van der Waals surface area contributed by atoms with Gasteiger partial charge < -0.3 is 9.15 Å². The Labute approximate surface area is 87.8 Å². The molecule has 15 heavy (non-hydrogen) atoms. The fraction of sp³-hybridized carbons (Fsp3) is 0.545. The Morgan fingerprint density at radius 3 is 3.07 bits per heavy atom. The van der Waals surface area contributed by atoms with Crippen LogP contribution in [0.25, 0.3) is 0 Å². The molecule has 0 radical (unpaired) electrons. The molecule has 0 aromatic carbocycles. The molecular weight excluding hydrogens is 194 g/mol. The van der Waals surface area contributed by atoms with E-state index in [0.29, 0.717) is 17.9 Å². The molecule has 1 aromatic rings. The van der Waals surface area contributed by atoms with E-state index < -0.39 is 0 Å². The number of carbonyl (C=O) groups is 1. The SMILES string of the molecule is O=Cc1ccc(CN2CC3CC2CO3)o1. The molecule has 3 heterocycles. The minimum Gasteiger partial charge on any atom is -0.457 e. The van der Waals surface area contributed by atoms with Crippen molar-refractivity contribution in [2.24, 2.45) is 0 Å². The summed E-state index contributed by atoms with van der Waals surface area (Å²) in [7, 11) is 0. The number of hydrogen-bond acceptors (Lipinski definition) is 4. The van der Waals surface area contributed by atoms with Gasteiger partial charge in [0.05, 0.1) is 19.3 Å². The molecule has 1 aromatic heterocycles. The van der Waals surface area contributed by atoms with E-state index in [9.17, 15) is 4.79 Å². The highest BCUT2D eigenvalue weighted by atomic mass is 16.5. The molecule has 0 N–H and O–H groups in total. The van der Waals surface area contributed by atoms with Gasteiger partial charge in [-0.3, -0.25) is 9.69 Å². The largest absolute Gasteiger partial charge is 0.457 e. The third kappa shape index (κ3) is 1.60. The summed E-state index contributed by atoms with van der Waals surface area (Å²) < 4.78 is 10.9. The number of fused-ring (bicyclic) bond motifs is 2. The van der Waals surface area contributed by atoms with Gasteiger partial charge in [-0.05, 0) is 18.6 Å². The lowest BCUT2D eigenvalue weighted by Gasteiger charge is -2.25. The summed E-state index contributed by atoms with van der Waals surface area (Å²) >= 11 is 0. The van der Waals surface area contributed by atoms with Crippen LogP contribution in [0.15, 0.2) is 16.5 Å². The molecule has 2 aliphatic heterocycles. The van der Waals surface area contributed by atoms with Crippen molar-refractivity contribution < 1.29 is 13.9 Å². The van der Waals surface area contributed by atoms with Crippen LogP contribution in [0.1, 0.15) is 22.7 Å². The minimum atomic E-state index is 0.408. The molecule has 0 saturated carbocycles. The summed E-state index contributed by atoms with van der Waals surface area (Å²) in [5.74, 6) is 1.27. The Kier molecular flexibility index (Phi) is 2.11. The summed E-state index contributed by atoms with van der Waals surface area (Å²) in [5, 5.41) is 0. The first-order valence-corrected chi connectivity index (χ1v) is 5.24. The molecule has 2 aliphatic rings. The predicted octanol–water partition coefficient (Wildman–Crippen LogP) is 1.07. The van der Waals surface area contributed by atoms with Gasteiger partial charge in [0.2, 0.25) is 0 Å². The van der Waals surface area contributed by atoms with Crippen molar-refractivity contribution in [1.82, 2.24) is 4.90 Å². The molecule has 2 atom stereocenters. The van der Waals surface area contributed by atoms with Crippen LogP contribution in [0, 0.1) is 0 Å². The normalized spacial score (nSPS) is 29.9. The van der Waals surface area contributed by atoms with Crippen molar-refractivity contribution in [1.29, 1.82) is 0 Å². The molecule has 0 amide bonds. The number of rotatable bonds is 3. The van der Waals surface area contributed by atoms with Crippen molar-refractivity contribution in [2.45, 2.75) is 25.1 Å². The second-order valence-electron chi connectivity index (χ2n) is 4.20. The smallest absolute Gasteiger partial charge is 0.185 e. The highest BCUT2D eigenvalue weighted by Crippen LogP contribution is 2.29. The van der Waals surface area contributed by atoms with Crippen LogP contribution < -0.4 is 0 Å². The average molecular weight is 207 g/mol. The molecule has 2 bridgehead atoms. The van der Waals surface area contributed by atoms with Crippen LogP contribution >= 0.6 is 0 Å². The Morgan fingerprint density at radius 2 is 2.47 bits per heavy atom. The van der Waals surface area contributed by atoms with E-state index in [0.717, 1.165) is 38.2 Å². The van der Waals surface area contributed by atoms with Gasteiger partial charge in [0.1, 0.15) is 5.76 Å². The van der Waals surface area contributed by atoms with E-state index in [1.165, 1.54) is 0 Å². The first kappa shape index (κ1) is 9.12. The number of nitrogens with zero attached hydrogens (tertiary/aromatic N) is 1. The molecule has 2 saturated heterocycles. The lowest BCUT2D eigenvalue weighted by molar-refractivity contribution is 0.0247. The maximum atomic E-state index is 10.5. The van der Waals surface area contributed by atoms with Crippen molar-refractivity contribution >= 4 is 6.29 Å². The summed E-state index contributed by atoms with van der Waals surface area (Å²) in [5.41, 5.74) is 0. The zero-order valence-corrected chi connectivity index (χ0v) is 8.39. The number of hydrogen-bond donors (Lipinski definition) is 0. The minimum absolute atomic E-state index is 0.408. The first-order valence-electron chi connectivity index (χ1n) is 5.24. The third-order valence-electron chi connectivity index (χ3n) is 3.17. The molecule has 0 aliphatic carbocycles. The standard InChI is InChI=1S/C11H13NO3/c13-6-10-2-1-9(15-10)4-12-5-11-3-8(12)7-14-11/h1-2,6,8,11H,3-5,7H2. The average Bonchev–Trinajstić information content (AvgIpc) is 2.92. The number of aldehydes is 1. The van der Waals surface area contributed by atoms with Gasteiger partial charge in [0.15, 0.2) is 12.0 Å². The number of furan rings is 1. The first-order chi connectivity index (χ1) is 7.35. The zero-order chi connectivity index (χ0) is 10.3. The lowest BCUT2D eigenvalue weighted by atomic mass is 10.2. The van der Waals surface area contributed by atoms with Gasteiger partial charge in [-0.15, -0.1) is 0 Å². The van der Waals surface area contributed by atoms with Crippen molar-refractivity contribution in [2.75, 3.05) is 13.2 Å². The van der Waals surface area contributed by atoms with Crippen LogP contribution in [-0.2, 0) is 11.3 Å². The molecule has 3 rings (SSSR count). The number of likely N-dealkylation sites (tertiary alicyclic amines) is 1. The van der Waals surface area contributed by atoms with Crippen LogP contribution in [0.3, 0.4) is 0 Å². The Bertz CT molecular complexity index is 374. The summed E-state index contributed by atoms with van der Waals surface area (Å²) in [4.78, 5) is 12.8. The highest BCUT2D eigenvalue weighted by Gasteiger charge is 2.38. The Balaban J connectivity index is 1.68. The second-order valence-corrected chi connectivity index (χ2v) is 4.20. The van der Waals surface area contributed by atoms with Crippen LogP contribution in [0.5, 0.6) is 0 Å². The van der Waals surface area contributed by atoms with E-state index >= 15 is 0 Å². The van der Waals surface area contributed by atoms with Gasteiger partial charge >= 0.3 is 0 Å². The zero-order valence-electron chi connectivity index (χ0n) is 8.39. The molecule has 4 nitrogen and oxygen atoms in total. The molecule has 4 heteroatoms. The molecular formula is C11H13NO3. The van der Waals surface area contributed by atoms with Crippen molar-refractivity contribution in [3.63, 3.8) is 0 Å². The molecule has 2 unspecified atom stereocenters. The highest BCUT2D eigenvalue weighted by molar-refractivity contribution is 5.70.